The number of ether oxygens (including phenoxy) is 1. The normalized spacial score (nSPS) is 12.7. The number of unbranched alkanes of at least 4 members (excludes halogenated alkanes) is 1. The van der Waals surface area contributed by atoms with Crippen LogP contribution in [0.3, 0.4) is 0 Å². The van der Waals surface area contributed by atoms with Crippen LogP contribution >= 0.6 is 11.3 Å². The lowest BCUT2D eigenvalue weighted by atomic mass is 10.00. The van der Waals surface area contributed by atoms with Crippen molar-refractivity contribution >= 4 is 29.3 Å². The van der Waals surface area contributed by atoms with E-state index in [1.54, 1.807) is 30.4 Å². The fraction of sp³-hybridized carbons (Fsp3) is 0.400. The summed E-state index contributed by atoms with van der Waals surface area (Å²) in [5, 5.41) is 12.8. The van der Waals surface area contributed by atoms with Gasteiger partial charge in [0.25, 0.3) is 0 Å². The fourth-order valence-corrected chi connectivity index (χ4v) is 4.20. The van der Waals surface area contributed by atoms with E-state index in [2.05, 4.69) is 17.0 Å². The number of nitrogens with one attached hydrogen (secondary N) is 1. The molecule has 0 aliphatic rings. The Hall–Kier alpha value is -3.13. The fourth-order valence-electron chi connectivity index (χ4n) is 3.14. The zero-order valence-corrected chi connectivity index (χ0v) is 20.3. The van der Waals surface area contributed by atoms with E-state index in [-0.39, 0.29) is 17.2 Å². The van der Waals surface area contributed by atoms with Crippen molar-refractivity contribution in [2.45, 2.75) is 58.8 Å². The molecule has 2 heterocycles. The lowest BCUT2D eigenvalue weighted by Crippen LogP contribution is -2.16. The summed E-state index contributed by atoms with van der Waals surface area (Å²) >= 11 is 1.61. The Morgan fingerprint density at radius 1 is 1.33 bits per heavy atom. The van der Waals surface area contributed by atoms with E-state index in [9.17, 15) is 19.5 Å². The number of hydrogen-bond acceptors (Lipinski definition) is 7. The van der Waals surface area contributed by atoms with E-state index in [0.29, 0.717) is 24.2 Å². The molecular weight excluding hydrogens is 442 g/mol. The third-order valence-electron chi connectivity index (χ3n) is 5.11. The molecule has 0 fully saturated rings. The first-order valence-corrected chi connectivity index (χ1v) is 11.8. The van der Waals surface area contributed by atoms with E-state index in [0.717, 1.165) is 24.1 Å². The van der Waals surface area contributed by atoms with E-state index in [1.165, 1.54) is 24.3 Å². The highest BCUT2D eigenvalue weighted by Crippen LogP contribution is 2.27. The maximum atomic E-state index is 12.8. The van der Waals surface area contributed by atoms with Gasteiger partial charge in [0.15, 0.2) is 5.78 Å². The number of amides is 1. The number of thiophene rings is 1. The SMILES string of the molecule is CCCCc1ccc(/C=C(\C)C(=O)c2c(O)cc(C(C)CC/C=C/NC(=O)OC)oc2=O)s1. The highest BCUT2D eigenvalue weighted by molar-refractivity contribution is 7.12. The number of ketones is 1. The number of carbonyl (C=O) groups is 2. The van der Waals surface area contributed by atoms with Gasteiger partial charge in [-0.15, -0.1) is 11.3 Å². The third kappa shape index (κ3) is 7.75. The number of methoxy groups -OCH3 is 1. The average Bonchev–Trinajstić information content (AvgIpc) is 3.23. The molecule has 2 aromatic heterocycles. The lowest BCUT2D eigenvalue weighted by molar-refractivity contribution is 0.102. The van der Waals surface area contributed by atoms with Crippen molar-refractivity contribution in [1.29, 1.82) is 0 Å². The molecule has 0 aliphatic carbocycles. The van der Waals surface area contributed by atoms with Crippen molar-refractivity contribution in [3.05, 3.63) is 67.5 Å². The standard InChI is InChI=1S/C25H31NO6S/c1-5-6-10-18-11-12-19(33-18)14-17(3)23(28)22-20(27)15-21(32-24(22)29)16(2)9-7-8-13-26-25(30)31-4/h8,11-16,27H,5-7,9-10H2,1-4H3,(H,26,30)/b13-8+,17-14+. The number of allylic oxidation sites excluding steroid dienone is 2. The first-order valence-electron chi connectivity index (χ1n) is 10.9. The van der Waals surface area contributed by atoms with Gasteiger partial charge in [-0.25, -0.2) is 9.59 Å². The summed E-state index contributed by atoms with van der Waals surface area (Å²) < 4.78 is 9.82. The minimum Gasteiger partial charge on any atom is -0.507 e. The quantitative estimate of drug-likeness (QED) is 0.316. The summed E-state index contributed by atoms with van der Waals surface area (Å²) in [6.07, 6.45) is 8.83. The van der Waals surface area contributed by atoms with Crippen LogP contribution in [0.15, 0.2) is 45.3 Å². The Labute approximate surface area is 197 Å². The van der Waals surface area contributed by atoms with Crippen LogP contribution in [0.4, 0.5) is 4.79 Å². The van der Waals surface area contributed by atoms with Crippen molar-refractivity contribution in [3.8, 4) is 5.75 Å². The molecule has 1 unspecified atom stereocenters. The Morgan fingerprint density at radius 3 is 2.76 bits per heavy atom. The van der Waals surface area contributed by atoms with Crippen LogP contribution in [0.2, 0.25) is 0 Å². The van der Waals surface area contributed by atoms with Crippen LogP contribution in [-0.4, -0.2) is 24.1 Å². The minimum absolute atomic E-state index is 0.181. The van der Waals surface area contributed by atoms with Gasteiger partial charge in [-0.3, -0.25) is 10.1 Å². The molecule has 178 valence electrons. The largest absolute Gasteiger partial charge is 0.507 e. The lowest BCUT2D eigenvalue weighted by Gasteiger charge is -2.11. The summed E-state index contributed by atoms with van der Waals surface area (Å²) in [6.45, 7) is 5.61. The van der Waals surface area contributed by atoms with Gasteiger partial charge in [-0.1, -0.05) is 26.3 Å². The zero-order valence-electron chi connectivity index (χ0n) is 19.5. The number of alkyl carbamates (subject to hydrolysis) is 1. The second-order valence-electron chi connectivity index (χ2n) is 7.78. The zero-order chi connectivity index (χ0) is 24.4. The van der Waals surface area contributed by atoms with Crippen LogP contribution in [-0.2, 0) is 11.2 Å². The predicted octanol–water partition coefficient (Wildman–Crippen LogP) is 5.79. The first kappa shape index (κ1) is 26.1. The summed E-state index contributed by atoms with van der Waals surface area (Å²) in [5.41, 5.74) is -0.859. The number of rotatable bonds is 11. The van der Waals surface area contributed by atoms with E-state index >= 15 is 0 Å². The smallest absolute Gasteiger partial charge is 0.410 e. The number of aromatic hydroxyl groups is 1. The second kappa shape index (κ2) is 12.8. The van der Waals surface area contributed by atoms with Gasteiger partial charge in [0.2, 0.25) is 0 Å². The van der Waals surface area contributed by atoms with Gasteiger partial charge in [0.05, 0.1) is 7.11 Å². The molecule has 2 aromatic rings. The molecule has 0 radical (unpaired) electrons. The number of aryl methyl sites for hydroxylation is 1. The van der Waals surface area contributed by atoms with Gasteiger partial charge in [-0.2, -0.15) is 0 Å². The molecule has 0 aromatic carbocycles. The number of Topliss-reactive ketones (excluding diaryl/α,β-unsaturated/α-hetero) is 1. The van der Waals surface area contributed by atoms with Crippen molar-refractivity contribution in [2.24, 2.45) is 0 Å². The maximum Gasteiger partial charge on any atom is 0.410 e. The molecule has 8 heteroatoms. The van der Waals surface area contributed by atoms with Crippen LogP contribution in [0.25, 0.3) is 6.08 Å². The summed E-state index contributed by atoms with van der Waals surface area (Å²) in [4.78, 5) is 38.5. The monoisotopic (exact) mass is 473 g/mol. The molecule has 0 saturated carbocycles. The van der Waals surface area contributed by atoms with Crippen LogP contribution in [0.1, 0.15) is 78.2 Å². The second-order valence-corrected chi connectivity index (χ2v) is 8.98. The topological polar surface area (TPSA) is 106 Å². The molecule has 1 atom stereocenters. The van der Waals surface area contributed by atoms with Gasteiger partial charge in [0.1, 0.15) is 17.1 Å². The summed E-state index contributed by atoms with van der Waals surface area (Å²) in [7, 11) is 1.28. The highest BCUT2D eigenvalue weighted by atomic mass is 32.1. The first-order chi connectivity index (χ1) is 15.8. The van der Waals surface area contributed by atoms with Crippen molar-refractivity contribution in [2.75, 3.05) is 7.11 Å². The maximum absolute atomic E-state index is 12.8. The number of carbonyl (C=O) groups excluding carboxylic acids is 2. The Kier molecular flexibility index (Phi) is 10.1. The van der Waals surface area contributed by atoms with Crippen molar-refractivity contribution in [3.63, 3.8) is 0 Å². The molecule has 33 heavy (non-hydrogen) atoms. The molecule has 0 saturated heterocycles. The molecule has 7 nitrogen and oxygen atoms in total. The van der Waals surface area contributed by atoms with Crippen LogP contribution < -0.4 is 10.9 Å². The van der Waals surface area contributed by atoms with Crippen LogP contribution in [0.5, 0.6) is 5.75 Å². The average molecular weight is 474 g/mol. The molecule has 0 spiro atoms. The minimum atomic E-state index is -0.854. The van der Waals surface area contributed by atoms with E-state index in [1.807, 2.05) is 19.1 Å². The van der Waals surface area contributed by atoms with Gasteiger partial charge >= 0.3 is 11.7 Å². The molecular formula is C25H31NO6S. The van der Waals surface area contributed by atoms with Gasteiger partial charge in [-0.05, 0) is 56.4 Å². The Morgan fingerprint density at radius 2 is 2.09 bits per heavy atom. The molecule has 2 rings (SSSR count). The van der Waals surface area contributed by atoms with Gasteiger partial charge in [0, 0.05) is 27.9 Å². The van der Waals surface area contributed by atoms with Crippen molar-refractivity contribution in [1.82, 2.24) is 5.32 Å². The van der Waals surface area contributed by atoms with Crippen molar-refractivity contribution < 1.29 is 23.8 Å². The highest BCUT2D eigenvalue weighted by Gasteiger charge is 2.22. The van der Waals surface area contributed by atoms with Gasteiger partial charge < -0.3 is 14.3 Å². The summed E-state index contributed by atoms with van der Waals surface area (Å²) in [5.74, 6) is -0.826. The van der Waals surface area contributed by atoms with Crippen LogP contribution in [0, 0.1) is 0 Å². The molecule has 0 bridgehead atoms. The number of hydrogen-bond donors (Lipinski definition) is 2. The summed E-state index contributed by atoms with van der Waals surface area (Å²) in [6, 6.07) is 5.33. The van der Waals surface area contributed by atoms with E-state index < -0.39 is 17.5 Å². The molecule has 1 amide bonds. The molecule has 0 aliphatic heterocycles. The third-order valence-corrected chi connectivity index (χ3v) is 6.20. The Bertz CT molecular complexity index is 1080. The predicted molar refractivity (Wildman–Crippen MR) is 130 cm³/mol. The molecule has 2 N–H and O–H groups in total. The van der Waals surface area contributed by atoms with E-state index in [4.69, 9.17) is 4.42 Å². The Balaban J connectivity index is 2.09.